The Balaban J connectivity index is 2.52. The van der Waals surface area contributed by atoms with Crippen LogP contribution in [-0.4, -0.2) is 15.8 Å². The molecule has 118 valence electrons. The first-order valence-electron chi connectivity index (χ1n) is 7.67. The third-order valence-corrected chi connectivity index (χ3v) is 3.37. The average Bonchev–Trinajstić information content (AvgIpc) is 2.49. The highest BCUT2D eigenvalue weighted by molar-refractivity contribution is 5.62. The molecular formula is C18H23NO3. The Morgan fingerprint density at radius 3 is 2.64 bits per heavy atom. The van der Waals surface area contributed by atoms with Crippen molar-refractivity contribution in [3.63, 3.8) is 0 Å². The van der Waals surface area contributed by atoms with E-state index in [1.807, 2.05) is 51.1 Å². The van der Waals surface area contributed by atoms with Crippen molar-refractivity contribution >= 4 is 0 Å². The molecule has 0 amide bonds. The molecule has 0 aliphatic heterocycles. The lowest BCUT2D eigenvalue weighted by atomic mass is 10.1. The van der Waals surface area contributed by atoms with E-state index in [2.05, 4.69) is 0 Å². The molecule has 0 atom stereocenters. The second kappa shape index (κ2) is 7.27. The summed E-state index contributed by atoms with van der Waals surface area (Å²) in [6, 6.07) is 11.3. The molecule has 1 aromatic carbocycles. The monoisotopic (exact) mass is 301 g/mol. The van der Waals surface area contributed by atoms with Crippen molar-refractivity contribution < 1.29 is 9.84 Å². The fourth-order valence-corrected chi connectivity index (χ4v) is 2.44. The summed E-state index contributed by atoms with van der Waals surface area (Å²) in [6.45, 7) is 6.38. The first kappa shape index (κ1) is 16.3. The van der Waals surface area contributed by atoms with E-state index in [1.165, 1.54) is 0 Å². The zero-order valence-electron chi connectivity index (χ0n) is 13.4. The van der Waals surface area contributed by atoms with E-state index < -0.39 is 0 Å². The number of pyridine rings is 1. The van der Waals surface area contributed by atoms with Crippen molar-refractivity contribution in [1.82, 2.24) is 4.57 Å². The fourth-order valence-electron chi connectivity index (χ4n) is 2.44. The largest absolute Gasteiger partial charge is 0.491 e. The Bertz CT molecular complexity index is 689. The highest BCUT2D eigenvalue weighted by atomic mass is 16.5. The average molecular weight is 301 g/mol. The maximum Gasteiger partial charge on any atom is 0.256 e. The van der Waals surface area contributed by atoms with Gasteiger partial charge in [-0.05, 0) is 44.5 Å². The van der Waals surface area contributed by atoms with E-state index in [-0.39, 0.29) is 18.3 Å². The van der Waals surface area contributed by atoms with Gasteiger partial charge in [0.15, 0.2) is 0 Å². The van der Waals surface area contributed by atoms with Gasteiger partial charge >= 0.3 is 0 Å². The number of aromatic nitrogens is 1. The third kappa shape index (κ3) is 3.57. The number of aliphatic hydroxyl groups is 1. The molecule has 2 aromatic rings. The first-order valence-corrected chi connectivity index (χ1v) is 7.67. The maximum absolute atomic E-state index is 12.4. The summed E-state index contributed by atoms with van der Waals surface area (Å²) in [5, 5.41) is 9.28. The van der Waals surface area contributed by atoms with Crippen LogP contribution in [0.2, 0.25) is 0 Å². The van der Waals surface area contributed by atoms with E-state index in [4.69, 9.17) is 4.74 Å². The van der Waals surface area contributed by atoms with Crippen LogP contribution in [0.15, 0.2) is 41.2 Å². The van der Waals surface area contributed by atoms with Gasteiger partial charge in [-0.15, -0.1) is 0 Å². The summed E-state index contributed by atoms with van der Waals surface area (Å²) in [6.07, 6.45) is 0.953. The molecule has 0 spiro atoms. The smallest absolute Gasteiger partial charge is 0.256 e. The summed E-state index contributed by atoms with van der Waals surface area (Å²) in [5.74, 6) is 0.786. The second-order valence-electron chi connectivity index (χ2n) is 5.55. The van der Waals surface area contributed by atoms with Crippen molar-refractivity contribution in [2.45, 2.75) is 46.4 Å². The number of nitrogens with zero attached hydrogens (tertiary/aromatic N) is 1. The summed E-state index contributed by atoms with van der Waals surface area (Å²) < 4.78 is 7.45. The van der Waals surface area contributed by atoms with Crippen LogP contribution in [0.1, 0.15) is 32.8 Å². The predicted molar refractivity (Wildman–Crippen MR) is 88.1 cm³/mol. The predicted octanol–water partition coefficient (Wildman–Crippen LogP) is 3.20. The van der Waals surface area contributed by atoms with Crippen LogP contribution >= 0.6 is 0 Å². The van der Waals surface area contributed by atoms with Crippen LogP contribution < -0.4 is 10.3 Å². The van der Waals surface area contributed by atoms with Crippen molar-refractivity contribution in [3.05, 3.63) is 52.3 Å². The van der Waals surface area contributed by atoms with E-state index in [0.717, 1.165) is 23.4 Å². The summed E-state index contributed by atoms with van der Waals surface area (Å²) in [4.78, 5) is 12.4. The Labute approximate surface area is 131 Å². The molecule has 1 heterocycles. The molecule has 2 rings (SSSR count). The normalized spacial score (nSPS) is 11.0. The molecule has 0 bridgehead atoms. The van der Waals surface area contributed by atoms with Crippen LogP contribution in [0.5, 0.6) is 5.75 Å². The van der Waals surface area contributed by atoms with Gasteiger partial charge in [-0.2, -0.15) is 0 Å². The van der Waals surface area contributed by atoms with Gasteiger partial charge in [0.25, 0.3) is 5.56 Å². The van der Waals surface area contributed by atoms with Crippen LogP contribution in [0, 0.1) is 0 Å². The SMILES string of the molecule is CCCn1c(-c2cccc(OC(C)C)c2)ccc(CO)c1=O. The van der Waals surface area contributed by atoms with E-state index in [9.17, 15) is 9.90 Å². The van der Waals surface area contributed by atoms with Gasteiger partial charge < -0.3 is 14.4 Å². The molecule has 0 saturated heterocycles. The highest BCUT2D eigenvalue weighted by Crippen LogP contribution is 2.24. The summed E-state index contributed by atoms with van der Waals surface area (Å²) >= 11 is 0. The quantitative estimate of drug-likeness (QED) is 0.891. The maximum atomic E-state index is 12.4. The van der Waals surface area contributed by atoms with Crippen LogP contribution in [-0.2, 0) is 13.2 Å². The molecule has 0 saturated carbocycles. The van der Waals surface area contributed by atoms with Crippen LogP contribution in [0.25, 0.3) is 11.3 Å². The molecule has 0 aliphatic rings. The Morgan fingerprint density at radius 2 is 2.00 bits per heavy atom. The number of rotatable bonds is 6. The number of hydrogen-bond acceptors (Lipinski definition) is 3. The van der Waals surface area contributed by atoms with Crippen molar-refractivity contribution in [3.8, 4) is 17.0 Å². The number of hydrogen-bond donors (Lipinski definition) is 1. The van der Waals surface area contributed by atoms with Gasteiger partial charge in [-0.3, -0.25) is 4.79 Å². The van der Waals surface area contributed by atoms with Crippen LogP contribution in [0.4, 0.5) is 0 Å². The fraction of sp³-hybridized carbons (Fsp3) is 0.389. The first-order chi connectivity index (χ1) is 10.6. The Morgan fingerprint density at radius 1 is 1.23 bits per heavy atom. The van der Waals surface area contributed by atoms with Gasteiger partial charge in [-0.1, -0.05) is 19.1 Å². The number of benzene rings is 1. The standard InChI is InChI=1S/C18H23NO3/c1-4-10-19-17(9-8-15(12-20)18(19)21)14-6-5-7-16(11-14)22-13(2)3/h5-9,11,13,20H,4,10,12H2,1-3H3. The van der Waals surface area contributed by atoms with Gasteiger partial charge in [0.2, 0.25) is 0 Å². The van der Waals surface area contributed by atoms with Crippen LogP contribution in [0.3, 0.4) is 0 Å². The molecule has 0 fully saturated rings. The summed E-state index contributed by atoms with van der Waals surface area (Å²) in [5.41, 5.74) is 2.08. The topological polar surface area (TPSA) is 51.5 Å². The zero-order valence-corrected chi connectivity index (χ0v) is 13.4. The van der Waals surface area contributed by atoms with Crippen molar-refractivity contribution in [2.75, 3.05) is 0 Å². The minimum absolute atomic E-state index is 0.102. The van der Waals surface area contributed by atoms with Gasteiger partial charge in [0.1, 0.15) is 5.75 Å². The molecule has 4 heteroatoms. The third-order valence-electron chi connectivity index (χ3n) is 3.37. The lowest BCUT2D eigenvalue weighted by Crippen LogP contribution is -2.25. The molecule has 4 nitrogen and oxygen atoms in total. The lowest BCUT2D eigenvalue weighted by Gasteiger charge is -2.15. The van der Waals surface area contributed by atoms with Gasteiger partial charge in [0.05, 0.1) is 18.4 Å². The Kier molecular flexibility index (Phi) is 5.39. The molecule has 0 radical (unpaired) electrons. The lowest BCUT2D eigenvalue weighted by molar-refractivity contribution is 0.242. The van der Waals surface area contributed by atoms with Gasteiger partial charge in [0, 0.05) is 17.7 Å². The molecule has 1 aromatic heterocycles. The highest BCUT2D eigenvalue weighted by Gasteiger charge is 2.10. The molecule has 0 aliphatic carbocycles. The van der Waals surface area contributed by atoms with Crippen molar-refractivity contribution in [1.29, 1.82) is 0 Å². The molecular weight excluding hydrogens is 278 g/mol. The zero-order chi connectivity index (χ0) is 16.1. The molecule has 22 heavy (non-hydrogen) atoms. The minimum atomic E-state index is -0.237. The number of ether oxygens (including phenoxy) is 1. The number of aliphatic hydroxyl groups excluding tert-OH is 1. The molecule has 0 unspecified atom stereocenters. The van der Waals surface area contributed by atoms with Gasteiger partial charge in [-0.25, -0.2) is 0 Å². The van der Waals surface area contributed by atoms with E-state index in [1.54, 1.807) is 10.6 Å². The Hall–Kier alpha value is -2.07. The molecule has 1 N–H and O–H groups in total. The van der Waals surface area contributed by atoms with E-state index in [0.29, 0.717) is 12.1 Å². The minimum Gasteiger partial charge on any atom is -0.491 e. The summed E-state index contributed by atoms with van der Waals surface area (Å²) in [7, 11) is 0. The second-order valence-corrected chi connectivity index (χ2v) is 5.55. The van der Waals surface area contributed by atoms with Crippen molar-refractivity contribution in [2.24, 2.45) is 0 Å². The van der Waals surface area contributed by atoms with E-state index >= 15 is 0 Å².